The minimum Gasteiger partial charge on any atom is -0.508 e. The summed E-state index contributed by atoms with van der Waals surface area (Å²) >= 11 is 0. The van der Waals surface area contributed by atoms with Gasteiger partial charge in [-0.05, 0) is 54.2 Å². The fourth-order valence-corrected chi connectivity index (χ4v) is 3.20. The molecule has 0 amide bonds. The lowest BCUT2D eigenvalue weighted by Gasteiger charge is -2.13. The lowest BCUT2D eigenvalue weighted by molar-refractivity contribution is 0.442. The summed E-state index contributed by atoms with van der Waals surface area (Å²) in [5.41, 5.74) is 3.70. The summed E-state index contributed by atoms with van der Waals surface area (Å²) in [6.07, 6.45) is 1.35. The van der Waals surface area contributed by atoms with Gasteiger partial charge in [-0.1, -0.05) is 29.8 Å². The molecule has 0 saturated heterocycles. The molecule has 0 spiro atoms. The number of hydrogen-bond acceptors (Lipinski definition) is 5. The largest absolute Gasteiger partial charge is 0.508 e. The quantitative estimate of drug-likeness (QED) is 0.471. The summed E-state index contributed by atoms with van der Waals surface area (Å²) in [6.45, 7) is 1.93. The van der Waals surface area contributed by atoms with Gasteiger partial charge in [-0.2, -0.15) is 0 Å². The molecule has 0 atom stereocenters. The number of aromatic hydroxyl groups is 5. The van der Waals surface area contributed by atoms with Crippen LogP contribution in [-0.2, 0) is 19.3 Å². The van der Waals surface area contributed by atoms with Gasteiger partial charge in [0.1, 0.15) is 28.7 Å². The van der Waals surface area contributed by atoms with Crippen molar-refractivity contribution >= 4 is 0 Å². The van der Waals surface area contributed by atoms with E-state index in [0.29, 0.717) is 36.0 Å². The Kier molecular flexibility index (Phi) is 5.12. The van der Waals surface area contributed by atoms with Gasteiger partial charge in [-0.15, -0.1) is 0 Å². The third-order valence-corrected chi connectivity index (χ3v) is 4.59. The van der Waals surface area contributed by atoms with E-state index < -0.39 is 0 Å². The first kappa shape index (κ1) is 18.5. The van der Waals surface area contributed by atoms with E-state index in [0.717, 1.165) is 11.1 Å². The standard InChI is InChI=1S/C22H22O5/c1-13-8-16(3-2-14-4-6-18(23)11-20(14)25)22(27)17(9-13)10-15-5-7-19(24)12-21(15)26/h4-9,11-12,23-27H,2-3,10H2,1H3. The summed E-state index contributed by atoms with van der Waals surface area (Å²) in [6, 6.07) is 12.6. The number of phenols is 5. The van der Waals surface area contributed by atoms with Gasteiger partial charge < -0.3 is 25.5 Å². The fourth-order valence-electron chi connectivity index (χ4n) is 3.20. The van der Waals surface area contributed by atoms with Crippen LogP contribution in [0.25, 0.3) is 0 Å². The third kappa shape index (κ3) is 4.26. The van der Waals surface area contributed by atoms with Gasteiger partial charge in [0, 0.05) is 18.6 Å². The number of hydrogen-bond donors (Lipinski definition) is 5. The topological polar surface area (TPSA) is 101 Å². The number of benzene rings is 3. The number of rotatable bonds is 5. The molecule has 0 bridgehead atoms. The minimum absolute atomic E-state index is 0.00523. The predicted octanol–water partition coefficient (Wildman–Crippen LogP) is 3.90. The Bertz CT molecular complexity index is 979. The maximum absolute atomic E-state index is 10.7. The highest BCUT2D eigenvalue weighted by molar-refractivity contribution is 5.49. The van der Waals surface area contributed by atoms with E-state index in [9.17, 15) is 25.5 Å². The van der Waals surface area contributed by atoms with E-state index in [1.807, 2.05) is 19.1 Å². The maximum atomic E-state index is 10.7. The normalized spacial score (nSPS) is 10.9. The molecule has 5 N–H and O–H groups in total. The van der Waals surface area contributed by atoms with Crippen molar-refractivity contribution in [2.24, 2.45) is 0 Å². The Morgan fingerprint density at radius 2 is 1.11 bits per heavy atom. The van der Waals surface area contributed by atoms with Crippen molar-refractivity contribution in [3.8, 4) is 28.7 Å². The molecular weight excluding hydrogens is 344 g/mol. The lowest BCUT2D eigenvalue weighted by Crippen LogP contribution is -1.98. The minimum atomic E-state index is -0.0218. The second kappa shape index (κ2) is 7.50. The van der Waals surface area contributed by atoms with Gasteiger partial charge >= 0.3 is 0 Å². The Hall–Kier alpha value is -3.34. The molecule has 27 heavy (non-hydrogen) atoms. The van der Waals surface area contributed by atoms with Gasteiger partial charge in [-0.3, -0.25) is 0 Å². The van der Waals surface area contributed by atoms with Gasteiger partial charge in [0.15, 0.2) is 0 Å². The van der Waals surface area contributed by atoms with Crippen molar-refractivity contribution in [1.29, 1.82) is 0 Å². The van der Waals surface area contributed by atoms with E-state index in [1.165, 1.54) is 24.3 Å². The van der Waals surface area contributed by atoms with Crippen molar-refractivity contribution in [2.75, 3.05) is 0 Å². The first-order valence-electron chi connectivity index (χ1n) is 8.66. The molecule has 0 aromatic heterocycles. The molecule has 3 rings (SSSR count). The Labute approximate surface area is 157 Å². The second-order valence-corrected chi connectivity index (χ2v) is 6.73. The summed E-state index contributed by atoms with van der Waals surface area (Å²) in [5, 5.41) is 49.4. The first-order valence-corrected chi connectivity index (χ1v) is 8.66. The van der Waals surface area contributed by atoms with E-state index in [4.69, 9.17) is 0 Å². The van der Waals surface area contributed by atoms with Crippen molar-refractivity contribution in [2.45, 2.75) is 26.2 Å². The molecule has 0 aliphatic heterocycles. The maximum Gasteiger partial charge on any atom is 0.122 e. The van der Waals surface area contributed by atoms with Crippen LogP contribution in [0.5, 0.6) is 28.7 Å². The molecule has 5 heteroatoms. The van der Waals surface area contributed by atoms with E-state index in [1.54, 1.807) is 12.1 Å². The second-order valence-electron chi connectivity index (χ2n) is 6.73. The smallest absolute Gasteiger partial charge is 0.122 e. The van der Waals surface area contributed by atoms with Crippen LogP contribution < -0.4 is 0 Å². The molecule has 0 aliphatic carbocycles. The molecule has 140 valence electrons. The summed E-state index contributed by atoms with van der Waals surface area (Å²) < 4.78 is 0. The van der Waals surface area contributed by atoms with Gasteiger partial charge in [0.05, 0.1) is 0 Å². The SMILES string of the molecule is Cc1cc(CCc2ccc(O)cc2O)c(O)c(Cc2ccc(O)cc2O)c1. The average Bonchev–Trinajstić information content (AvgIpc) is 2.60. The van der Waals surface area contributed by atoms with Crippen molar-refractivity contribution < 1.29 is 25.5 Å². The van der Waals surface area contributed by atoms with Crippen LogP contribution in [0.1, 0.15) is 27.8 Å². The molecule has 5 nitrogen and oxygen atoms in total. The van der Waals surface area contributed by atoms with Crippen LogP contribution in [0.4, 0.5) is 0 Å². The Morgan fingerprint density at radius 1 is 0.593 bits per heavy atom. The van der Waals surface area contributed by atoms with Crippen LogP contribution in [0, 0.1) is 6.92 Å². The molecule has 0 saturated carbocycles. The van der Waals surface area contributed by atoms with Crippen molar-refractivity contribution in [3.63, 3.8) is 0 Å². The first-order chi connectivity index (χ1) is 12.8. The number of phenolic OH excluding ortho intramolecular Hbond substituents is 5. The van der Waals surface area contributed by atoms with Crippen molar-refractivity contribution in [3.05, 3.63) is 76.3 Å². The van der Waals surface area contributed by atoms with Crippen LogP contribution in [-0.4, -0.2) is 25.5 Å². The van der Waals surface area contributed by atoms with Crippen molar-refractivity contribution in [1.82, 2.24) is 0 Å². The lowest BCUT2D eigenvalue weighted by atomic mass is 9.95. The summed E-state index contributed by atoms with van der Waals surface area (Å²) in [4.78, 5) is 0. The monoisotopic (exact) mass is 366 g/mol. The summed E-state index contributed by atoms with van der Waals surface area (Å²) in [5.74, 6) is 0.152. The Balaban J connectivity index is 1.84. The molecule has 3 aromatic rings. The third-order valence-electron chi connectivity index (χ3n) is 4.59. The molecule has 0 heterocycles. The highest BCUT2D eigenvalue weighted by Gasteiger charge is 2.13. The zero-order valence-electron chi connectivity index (χ0n) is 15.0. The predicted molar refractivity (Wildman–Crippen MR) is 103 cm³/mol. The zero-order valence-corrected chi connectivity index (χ0v) is 15.0. The van der Waals surface area contributed by atoms with E-state index >= 15 is 0 Å². The molecule has 0 aliphatic rings. The van der Waals surface area contributed by atoms with Crippen LogP contribution >= 0.6 is 0 Å². The zero-order chi connectivity index (χ0) is 19.6. The molecule has 3 aromatic carbocycles. The average molecular weight is 366 g/mol. The van der Waals surface area contributed by atoms with Crippen LogP contribution in [0.15, 0.2) is 48.5 Å². The molecule has 0 radical (unpaired) electrons. The van der Waals surface area contributed by atoms with Crippen LogP contribution in [0.2, 0.25) is 0 Å². The molecule has 0 unspecified atom stereocenters. The van der Waals surface area contributed by atoms with Crippen LogP contribution in [0.3, 0.4) is 0 Å². The highest BCUT2D eigenvalue weighted by Crippen LogP contribution is 2.32. The summed E-state index contributed by atoms with van der Waals surface area (Å²) in [7, 11) is 0. The van der Waals surface area contributed by atoms with Gasteiger partial charge in [-0.25, -0.2) is 0 Å². The number of aryl methyl sites for hydroxylation is 3. The highest BCUT2D eigenvalue weighted by atomic mass is 16.3. The van der Waals surface area contributed by atoms with E-state index in [-0.39, 0.29) is 28.7 Å². The van der Waals surface area contributed by atoms with Gasteiger partial charge in [0.2, 0.25) is 0 Å². The molecular formula is C22H22O5. The van der Waals surface area contributed by atoms with E-state index in [2.05, 4.69) is 0 Å². The molecule has 0 fully saturated rings. The van der Waals surface area contributed by atoms with Gasteiger partial charge in [0.25, 0.3) is 0 Å². The fraction of sp³-hybridized carbons (Fsp3) is 0.182. The Morgan fingerprint density at radius 3 is 1.70 bits per heavy atom.